The van der Waals surface area contributed by atoms with Gasteiger partial charge in [0.2, 0.25) is 0 Å². The van der Waals surface area contributed by atoms with Crippen molar-refractivity contribution in [1.29, 1.82) is 0 Å². The summed E-state index contributed by atoms with van der Waals surface area (Å²) in [5.74, 6) is 0. The van der Waals surface area contributed by atoms with Crippen molar-refractivity contribution in [3.8, 4) is 0 Å². The molecule has 2 fully saturated rings. The molecule has 2 unspecified atom stereocenters. The van der Waals surface area contributed by atoms with E-state index in [-0.39, 0.29) is 0 Å². The first kappa shape index (κ1) is 11.4. The predicted molar refractivity (Wildman–Crippen MR) is 65.1 cm³/mol. The summed E-state index contributed by atoms with van der Waals surface area (Å²) in [5.41, 5.74) is 0. The van der Waals surface area contributed by atoms with E-state index >= 15 is 0 Å². The third-order valence-electron chi connectivity index (χ3n) is 4.29. The maximum Gasteiger partial charge on any atom is 0.0249 e. The molecule has 0 aliphatic carbocycles. The van der Waals surface area contributed by atoms with Crippen LogP contribution in [0.25, 0.3) is 0 Å². The van der Waals surface area contributed by atoms with Gasteiger partial charge < -0.3 is 5.32 Å². The van der Waals surface area contributed by atoms with E-state index in [4.69, 9.17) is 0 Å². The number of hydrogen-bond acceptors (Lipinski definition) is 2. The van der Waals surface area contributed by atoms with Gasteiger partial charge in [-0.25, -0.2) is 0 Å². The molecule has 2 atom stereocenters. The van der Waals surface area contributed by atoms with Crippen LogP contribution in [0.15, 0.2) is 0 Å². The Hall–Kier alpha value is -0.0800. The van der Waals surface area contributed by atoms with Crippen LogP contribution in [0.2, 0.25) is 0 Å². The van der Waals surface area contributed by atoms with Gasteiger partial charge in [-0.2, -0.15) is 0 Å². The molecule has 0 radical (unpaired) electrons. The number of fused-ring (bicyclic) bond motifs is 1. The molecule has 1 N–H and O–H groups in total. The molecule has 2 heteroatoms. The molecular formula is C13H26N2. The largest absolute Gasteiger partial charge is 0.310 e. The summed E-state index contributed by atoms with van der Waals surface area (Å²) >= 11 is 0. The topological polar surface area (TPSA) is 15.3 Å². The lowest BCUT2D eigenvalue weighted by molar-refractivity contribution is 0.175. The number of hydrogen-bond donors (Lipinski definition) is 1. The van der Waals surface area contributed by atoms with Crippen molar-refractivity contribution in [2.24, 2.45) is 0 Å². The summed E-state index contributed by atoms with van der Waals surface area (Å²) in [6.07, 6.45) is 8.23. The lowest BCUT2D eigenvalue weighted by Gasteiger charge is -2.34. The molecule has 0 aromatic rings. The SMILES string of the molecule is CCC(CC)NC1CCN2CCCCC12. The van der Waals surface area contributed by atoms with Crippen LogP contribution < -0.4 is 5.32 Å². The Labute approximate surface area is 94.4 Å². The van der Waals surface area contributed by atoms with Crippen molar-refractivity contribution in [2.45, 2.75) is 70.5 Å². The fourth-order valence-corrected chi connectivity index (χ4v) is 3.27. The Morgan fingerprint density at radius 1 is 1.13 bits per heavy atom. The van der Waals surface area contributed by atoms with Gasteiger partial charge in [-0.3, -0.25) is 4.90 Å². The Bertz CT molecular complexity index is 189. The highest BCUT2D eigenvalue weighted by atomic mass is 15.2. The first-order valence-corrected chi connectivity index (χ1v) is 6.85. The van der Waals surface area contributed by atoms with E-state index < -0.39 is 0 Å². The molecule has 0 saturated carbocycles. The van der Waals surface area contributed by atoms with Crippen LogP contribution in [0.5, 0.6) is 0 Å². The van der Waals surface area contributed by atoms with Crippen molar-refractivity contribution >= 4 is 0 Å². The minimum absolute atomic E-state index is 0.747. The van der Waals surface area contributed by atoms with E-state index in [1.54, 1.807) is 0 Å². The van der Waals surface area contributed by atoms with Crippen LogP contribution in [0.1, 0.15) is 52.4 Å². The van der Waals surface area contributed by atoms with E-state index in [0.717, 1.165) is 18.1 Å². The Morgan fingerprint density at radius 3 is 2.67 bits per heavy atom. The minimum Gasteiger partial charge on any atom is -0.310 e. The van der Waals surface area contributed by atoms with Gasteiger partial charge >= 0.3 is 0 Å². The molecular weight excluding hydrogens is 184 g/mol. The van der Waals surface area contributed by atoms with Crippen molar-refractivity contribution < 1.29 is 0 Å². The third-order valence-corrected chi connectivity index (χ3v) is 4.29. The quantitative estimate of drug-likeness (QED) is 0.766. The second-order valence-electron chi connectivity index (χ2n) is 5.17. The molecule has 2 rings (SSSR count). The Kier molecular flexibility index (Phi) is 4.04. The average Bonchev–Trinajstić information content (AvgIpc) is 2.69. The smallest absolute Gasteiger partial charge is 0.0249 e. The van der Waals surface area contributed by atoms with E-state index in [9.17, 15) is 0 Å². The van der Waals surface area contributed by atoms with Crippen LogP contribution in [-0.4, -0.2) is 36.1 Å². The van der Waals surface area contributed by atoms with Crippen LogP contribution in [0.3, 0.4) is 0 Å². The third kappa shape index (κ3) is 2.54. The number of nitrogens with zero attached hydrogens (tertiary/aromatic N) is 1. The molecule has 0 spiro atoms. The lowest BCUT2D eigenvalue weighted by Crippen LogP contribution is -2.47. The lowest BCUT2D eigenvalue weighted by atomic mass is 9.98. The first-order valence-electron chi connectivity index (χ1n) is 6.85. The summed E-state index contributed by atoms with van der Waals surface area (Å²) in [7, 11) is 0. The van der Waals surface area contributed by atoms with Crippen LogP contribution in [0, 0.1) is 0 Å². The number of rotatable bonds is 4. The summed E-state index contributed by atoms with van der Waals surface area (Å²) in [6, 6.07) is 2.39. The molecule has 2 aliphatic rings. The molecule has 2 saturated heterocycles. The minimum atomic E-state index is 0.747. The van der Waals surface area contributed by atoms with E-state index in [0.29, 0.717) is 0 Å². The maximum absolute atomic E-state index is 3.87. The molecule has 2 heterocycles. The van der Waals surface area contributed by atoms with Gasteiger partial charge in [0.1, 0.15) is 0 Å². The highest BCUT2D eigenvalue weighted by molar-refractivity contribution is 4.94. The van der Waals surface area contributed by atoms with Gasteiger partial charge in [0.15, 0.2) is 0 Å². The van der Waals surface area contributed by atoms with Gasteiger partial charge in [-0.15, -0.1) is 0 Å². The molecule has 0 bridgehead atoms. The van der Waals surface area contributed by atoms with Crippen molar-refractivity contribution in [3.05, 3.63) is 0 Å². The molecule has 2 aliphatic heterocycles. The molecule has 15 heavy (non-hydrogen) atoms. The first-order chi connectivity index (χ1) is 7.35. The summed E-state index contributed by atoms with van der Waals surface area (Å²) in [4.78, 5) is 2.71. The van der Waals surface area contributed by atoms with Gasteiger partial charge in [0, 0.05) is 24.7 Å². The van der Waals surface area contributed by atoms with Crippen LogP contribution in [-0.2, 0) is 0 Å². The van der Waals surface area contributed by atoms with Gasteiger partial charge in [0.05, 0.1) is 0 Å². The fourth-order valence-electron chi connectivity index (χ4n) is 3.27. The predicted octanol–water partition coefficient (Wildman–Crippen LogP) is 2.39. The Morgan fingerprint density at radius 2 is 1.93 bits per heavy atom. The van der Waals surface area contributed by atoms with E-state index in [1.807, 2.05) is 0 Å². The van der Waals surface area contributed by atoms with Gasteiger partial charge in [-0.05, 0) is 38.6 Å². The van der Waals surface area contributed by atoms with Crippen LogP contribution in [0.4, 0.5) is 0 Å². The monoisotopic (exact) mass is 210 g/mol. The Balaban J connectivity index is 1.87. The van der Waals surface area contributed by atoms with E-state index in [1.165, 1.54) is 51.6 Å². The zero-order valence-corrected chi connectivity index (χ0v) is 10.3. The number of piperidine rings is 1. The second-order valence-corrected chi connectivity index (χ2v) is 5.17. The van der Waals surface area contributed by atoms with E-state index in [2.05, 4.69) is 24.1 Å². The second kappa shape index (κ2) is 5.31. The van der Waals surface area contributed by atoms with Crippen molar-refractivity contribution in [2.75, 3.05) is 13.1 Å². The average molecular weight is 210 g/mol. The molecule has 2 nitrogen and oxygen atoms in total. The van der Waals surface area contributed by atoms with Crippen LogP contribution >= 0.6 is 0 Å². The molecule has 88 valence electrons. The molecule has 0 aromatic carbocycles. The van der Waals surface area contributed by atoms with Crippen molar-refractivity contribution in [3.63, 3.8) is 0 Å². The zero-order valence-electron chi connectivity index (χ0n) is 10.3. The highest BCUT2D eigenvalue weighted by Gasteiger charge is 2.35. The van der Waals surface area contributed by atoms with Crippen molar-refractivity contribution in [1.82, 2.24) is 10.2 Å². The van der Waals surface area contributed by atoms with Gasteiger partial charge in [0.25, 0.3) is 0 Å². The standard InChI is InChI=1S/C13H26N2/c1-3-11(4-2)14-12-8-10-15-9-6-5-7-13(12)15/h11-14H,3-10H2,1-2H3. The summed E-state index contributed by atoms with van der Waals surface area (Å²) in [5, 5.41) is 3.87. The maximum atomic E-state index is 3.87. The summed E-state index contributed by atoms with van der Waals surface area (Å²) in [6.45, 7) is 7.29. The summed E-state index contributed by atoms with van der Waals surface area (Å²) < 4.78 is 0. The number of nitrogens with one attached hydrogen (secondary N) is 1. The normalized spacial score (nSPS) is 32.2. The molecule has 0 amide bonds. The highest BCUT2D eigenvalue weighted by Crippen LogP contribution is 2.27. The fraction of sp³-hybridized carbons (Fsp3) is 1.00. The zero-order chi connectivity index (χ0) is 10.7. The molecule has 0 aromatic heterocycles. The van der Waals surface area contributed by atoms with Gasteiger partial charge in [-0.1, -0.05) is 20.3 Å².